The fourth-order valence-electron chi connectivity index (χ4n) is 3.79. The number of amides is 3. The number of hydrogen-bond donors (Lipinski definition) is 8. The molecule has 14 nitrogen and oxygen atoms in total. The van der Waals surface area contributed by atoms with Crippen molar-refractivity contribution in [3.63, 3.8) is 0 Å². The van der Waals surface area contributed by atoms with Crippen LogP contribution in [0.3, 0.4) is 0 Å². The van der Waals surface area contributed by atoms with Gasteiger partial charge in [-0.15, -0.1) is 0 Å². The van der Waals surface area contributed by atoms with Crippen LogP contribution in [0.4, 0.5) is 0 Å². The molecule has 0 aliphatic heterocycles. The highest BCUT2D eigenvalue weighted by atomic mass is 16.4. The van der Waals surface area contributed by atoms with Crippen molar-refractivity contribution in [1.82, 2.24) is 30.9 Å². The third-order valence-electron chi connectivity index (χ3n) is 5.81. The Morgan fingerprint density at radius 3 is 2.32 bits per heavy atom. The first kappa shape index (κ1) is 27.9. The summed E-state index contributed by atoms with van der Waals surface area (Å²) in [6.45, 7) is 1.34. The Morgan fingerprint density at radius 1 is 0.947 bits per heavy atom. The molecule has 0 aliphatic rings. The van der Waals surface area contributed by atoms with Gasteiger partial charge >= 0.3 is 11.9 Å². The van der Waals surface area contributed by atoms with Gasteiger partial charge in [-0.25, -0.2) is 9.78 Å². The summed E-state index contributed by atoms with van der Waals surface area (Å²) in [5.41, 5.74) is 7.89. The summed E-state index contributed by atoms with van der Waals surface area (Å²) in [7, 11) is 0. The SMILES string of the molecule is CC(NC(=O)C(N)Cc1cnc[nH]1)C(=O)NC(CC(=O)O)C(=O)NC(Cc1c[nH]c2ccccc12)C(=O)O. The Labute approximate surface area is 216 Å². The number of carbonyl (C=O) groups is 5. The zero-order valence-electron chi connectivity index (χ0n) is 20.4. The maximum atomic E-state index is 12.9. The maximum absolute atomic E-state index is 12.9. The molecule has 2 heterocycles. The molecule has 0 fully saturated rings. The first-order valence-electron chi connectivity index (χ1n) is 11.7. The van der Waals surface area contributed by atoms with E-state index >= 15 is 0 Å². The quantitative estimate of drug-likeness (QED) is 0.136. The van der Waals surface area contributed by atoms with Gasteiger partial charge in [0, 0.05) is 41.8 Å². The highest BCUT2D eigenvalue weighted by Crippen LogP contribution is 2.19. The summed E-state index contributed by atoms with van der Waals surface area (Å²) in [5.74, 6) is -5.23. The Balaban J connectivity index is 1.63. The number of rotatable bonds is 13. The molecule has 9 N–H and O–H groups in total. The molecule has 2 aromatic heterocycles. The van der Waals surface area contributed by atoms with Crippen LogP contribution in [0.15, 0.2) is 43.0 Å². The molecule has 202 valence electrons. The van der Waals surface area contributed by atoms with Crippen LogP contribution in [0.2, 0.25) is 0 Å². The fraction of sp³-hybridized carbons (Fsp3) is 0.333. The van der Waals surface area contributed by atoms with E-state index in [9.17, 15) is 34.2 Å². The summed E-state index contributed by atoms with van der Waals surface area (Å²) < 4.78 is 0. The summed E-state index contributed by atoms with van der Waals surface area (Å²) in [4.78, 5) is 70.8. The first-order valence-corrected chi connectivity index (χ1v) is 11.7. The normalized spacial score (nSPS) is 14.2. The van der Waals surface area contributed by atoms with Crippen molar-refractivity contribution >= 4 is 40.6 Å². The van der Waals surface area contributed by atoms with Gasteiger partial charge in [0.15, 0.2) is 0 Å². The van der Waals surface area contributed by atoms with Gasteiger partial charge in [0.05, 0.1) is 18.8 Å². The molecule has 3 aromatic rings. The number of para-hydroxylation sites is 1. The minimum absolute atomic E-state index is 0.0838. The average Bonchev–Trinajstić information content (AvgIpc) is 3.52. The topological polar surface area (TPSA) is 232 Å². The number of fused-ring (bicyclic) bond motifs is 1. The molecule has 0 saturated heterocycles. The number of nitrogens with two attached hydrogens (primary N) is 1. The Kier molecular flexibility index (Phi) is 9.16. The molecule has 0 spiro atoms. The van der Waals surface area contributed by atoms with Crippen molar-refractivity contribution in [2.45, 2.75) is 50.4 Å². The number of carboxylic acid groups (broad SMARTS) is 2. The number of carboxylic acids is 2. The van der Waals surface area contributed by atoms with Gasteiger partial charge in [0.2, 0.25) is 17.7 Å². The molecule has 3 amide bonds. The van der Waals surface area contributed by atoms with Crippen LogP contribution in [0.25, 0.3) is 10.9 Å². The van der Waals surface area contributed by atoms with Gasteiger partial charge in [-0.05, 0) is 18.6 Å². The van der Waals surface area contributed by atoms with E-state index < -0.39 is 60.2 Å². The van der Waals surface area contributed by atoms with Gasteiger partial charge in [0.1, 0.15) is 18.1 Å². The zero-order chi connectivity index (χ0) is 27.8. The van der Waals surface area contributed by atoms with Gasteiger partial charge in [0.25, 0.3) is 0 Å². The first-order chi connectivity index (χ1) is 18.0. The van der Waals surface area contributed by atoms with Gasteiger partial charge in [-0.1, -0.05) is 18.2 Å². The second-order valence-electron chi connectivity index (χ2n) is 8.74. The average molecular weight is 528 g/mol. The molecule has 0 saturated carbocycles. The smallest absolute Gasteiger partial charge is 0.326 e. The van der Waals surface area contributed by atoms with Crippen LogP contribution in [0.1, 0.15) is 24.6 Å². The van der Waals surface area contributed by atoms with Crippen molar-refractivity contribution in [3.8, 4) is 0 Å². The van der Waals surface area contributed by atoms with Crippen LogP contribution in [-0.4, -0.2) is 79.0 Å². The Bertz CT molecular complexity index is 1300. The van der Waals surface area contributed by atoms with Gasteiger partial charge in [-0.3, -0.25) is 19.2 Å². The van der Waals surface area contributed by atoms with E-state index in [1.165, 1.54) is 19.4 Å². The lowest BCUT2D eigenvalue weighted by atomic mass is 10.0. The van der Waals surface area contributed by atoms with Crippen LogP contribution in [-0.2, 0) is 36.8 Å². The summed E-state index contributed by atoms with van der Waals surface area (Å²) in [5, 5.41) is 26.7. The van der Waals surface area contributed by atoms with Crippen molar-refractivity contribution in [2.75, 3.05) is 0 Å². The molecule has 0 radical (unpaired) electrons. The number of nitrogens with zero attached hydrogens (tertiary/aromatic N) is 1. The third kappa shape index (κ3) is 7.39. The number of aliphatic carboxylic acids is 2. The molecule has 3 rings (SSSR count). The van der Waals surface area contributed by atoms with E-state index in [0.717, 1.165) is 10.9 Å². The van der Waals surface area contributed by atoms with Crippen LogP contribution in [0, 0.1) is 0 Å². The number of hydrogen-bond acceptors (Lipinski definition) is 7. The zero-order valence-corrected chi connectivity index (χ0v) is 20.4. The molecule has 0 bridgehead atoms. The number of nitrogens with one attached hydrogen (secondary N) is 5. The molecular weight excluding hydrogens is 498 g/mol. The predicted molar refractivity (Wildman–Crippen MR) is 134 cm³/mol. The third-order valence-corrected chi connectivity index (χ3v) is 5.81. The molecule has 0 aliphatic carbocycles. The Hall–Kier alpha value is -4.72. The summed E-state index contributed by atoms with van der Waals surface area (Å²) in [6, 6.07) is 2.06. The second-order valence-corrected chi connectivity index (χ2v) is 8.74. The van der Waals surface area contributed by atoms with E-state index in [0.29, 0.717) is 11.3 Å². The highest BCUT2D eigenvalue weighted by Gasteiger charge is 2.30. The number of carbonyl (C=O) groups excluding carboxylic acids is 3. The van der Waals surface area contributed by atoms with Crippen molar-refractivity contribution in [3.05, 3.63) is 54.2 Å². The van der Waals surface area contributed by atoms with Crippen LogP contribution in [0.5, 0.6) is 0 Å². The lowest BCUT2D eigenvalue weighted by Gasteiger charge is -2.23. The fourth-order valence-corrected chi connectivity index (χ4v) is 3.79. The molecule has 4 atom stereocenters. The van der Waals surface area contributed by atoms with Crippen LogP contribution < -0.4 is 21.7 Å². The minimum atomic E-state index is -1.59. The van der Waals surface area contributed by atoms with Gasteiger partial charge < -0.3 is 41.9 Å². The number of aromatic nitrogens is 3. The van der Waals surface area contributed by atoms with Crippen molar-refractivity contribution in [2.24, 2.45) is 5.73 Å². The number of H-pyrrole nitrogens is 2. The monoisotopic (exact) mass is 527 g/mol. The van der Waals surface area contributed by atoms with E-state index in [-0.39, 0.29) is 12.8 Å². The molecule has 14 heteroatoms. The van der Waals surface area contributed by atoms with E-state index in [2.05, 4.69) is 30.9 Å². The number of aromatic amines is 2. The minimum Gasteiger partial charge on any atom is -0.481 e. The maximum Gasteiger partial charge on any atom is 0.326 e. The van der Waals surface area contributed by atoms with E-state index in [4.69, 9.17) is 5.73 Å². The van der Waals surface area contributed by atoms with Crippen LogP contribution >= 0.6 is 0 Å². The largest absolute Gasteiger partial charge is 0.481 e. The molecular formula is C24H29N7O7. The predicted octanol–water partition coefficient (Wildman–Crippen LogP) is -0.963. The van der Waals surface area contributed by atoms with Gasteiger partial charge in [-0.2, -0.15) is 0 Å². The molecule has 4 unspecified atom stereocenters. The number of benzene rings is 1. The van der Waals surface area contributed by atoms with E-state index in [1.54, 1.807) is 18.3 Å². The second kappa shape index (κ2) is 12.5. The summed E-state index contributed by atoms with van der Waals surface area (Å²) in [6.07, 6.45) is 3.80. The van der Waals surface area contributed by atoms with Crippen molar-refractivity contribution in [1.29, 1.82) is 0 Å². The summed E-state index contributed by atoms with van der Waals surface area (Å²) >= 11 is 0. The van der Waals surface area contributed by atoms with Crippen molar-refractivity contribution < 1.29 is 34.2 Å². The van der Waals surface area contributed by atoms with E-state index in [1.807, 2.05) is 12.1 Å². The number of imidazole rings is 1. The lowest BCUT2D eigenvalue weighted by Crippen LogP contribution is -2.57. The lowest BCUT2D eigenvalue weighted by molar-refractivity contribution is -0.143. The highest BCUT2D eigenvalue weighted by molar-refractivity contribution is 5.95. The Morgan fingerprint density at radius 2 is 1.66 bits per heavy atom. The molecule has 1 aromatic carbocycles. The standard InChI is InChI=1S/C24H29N7O7/c1-12(29-22(35)16(25)7-14-10-26-11-28-14)21(34)30-18(8-20(32)33)23(36)31-19(24(37)38)6-13-9-27-17-5-3-2-4-15(13)17/h2-5,9-12,16,18-19,27H,6-8,25H2,1H3,(H,26,28)(H,29,35)(H,30,34)(H,31,36)(H,32,33)(H,37,38). The molecule has 38 heavy (non-hydrogen) atoms.